The van der Waals surface area contributed by atoms with E-state index in [0.717, 1.165) is 0 Å². The summed E-state index contributed by atoms with van der Waals surface area (Å²) < 4.78 is 0. The van der Waals surface area contributed by atoms with Crippen LogP contribution in [0.2, 0.25) is 0 Å². The molecule has 12 heavy (non-hydrogen) atoms. The fourth-order valence-electron chi connectivity index (χ4n) is 1.34. The highest BCUT2D eigenvalue weighted by Gasteiger charge is 2.24. The first-order chi connectivity index (χ1) is 5.54. The lowest BCUT2D eigenvalue weighted by Gasteiger charge is -2.30. The molecule has 0 atom stereocenters. The van der Waals surface area contributed by atoms with Crippen molar-refractivity contribution in [3.63, 3.8) is 0 Å². The van der Waals surface area contributed by atoms with Crippen LogP contribution in [0.25, 0.3) is 0 Å². The summed E-state index contributed by atoms with van der Waals surface area (Å²) in [6.07, 6.45) is 11.8. The van der Waals surface area contributed by atoms with Crippen LogP contribution >= 0.6 is 0 Å². The van der Waals surface area contributed by atoms with E-state index in [-0.39, 0.29) is 0 Å². The summed E-state index contributed by atoms with van der Waals surface area (Å²) in [5, 5.41) is 0. The average Bonchev–Trinajstić information content (AvgIpc) is 2.11. The van der Waals surface area contributed by atoms with Crippen LogP contribution in [0.15, 0.2) is 24.3 Å². The van der Waals surface area contributed by atoms with Gasteiger partial charge in [0.2, 0.25) is 0 Å². The second kappa shape index (κ2) is 3.08. The Morgan fingerprint density at radius 3 is 1.17 bits per heavy atom. The van der Waals surface area contributed by atoms with E-state index in [4.69, 9.17) is 0 Å². The average molecular weight is 164 g/mol. The van der Waals surface area contributed by atoms with Gasteiger partial charge in [0.15, 0.2) is 0 Å². The van der Waals surface area contributed by atoms with Crippen LogP contribution in [0.4, 0.5) is 0 Å². The molecule has 0 amide bonds. The quantitative estimate of drug-likeness (QED) is 0.542. The van der Waals surface area contributed by atoms with Gasteiger partial charge in [-0.1, -0.05) is 52.0 Å². The second-order valence-electron chi connectivity index (χ2n) is 4.39. The van der Waals surface area contributed by atoms with Gasteiger partial charge in [-0.3, -0.25) is 0 Å². The van der Waals surface area contributed by atoms with Crippen LogP contribution in [-0.4, -0.2) is 0 Å². The summed E-state index contributed by atoms with van der Waals surface area (Å²) in [5.74, 6) is 0. The SMILES string of the molecule is CCC1(C)C=CC(C)(CC)C=C1. The molecule has 0 N–H and O–H groups in total. The lowest BCUT2D eigenvalue weighted by Crippen LogP contribution is -2.18. The van der Waals surface area contributed by atoms with Crippen molar-refractivity contribution in [3.05, 3.63) is 24.3 Å². The first-order valence-corrected chi connectivity index (χ1v) is 4.94. The minimum absolute atomic E-state index is 0.314. The Morgan fingerprint density at radius 1 is 0.750 bits per heavy atom. The Bertz CT molecular complexity index is 172. The summed E-state index contributed by atoms with van der Waals surface area (Å²) in [4.78, 5) is 0. The molecule has 0 spiro atoms. The van der Waals surface area contributed by atoms with E-state index in [1.165, 1.54) is 12.8 Å². The van der Waals surface area contributed by atoms with Crippen molar-refractivity contribution in [1.29, 1.82) is 0 Å². The molecule has 0 aromatic rings. The molecule has 0 heteroatoms. The molecule has 1 aliphatic carbocycles. The molecule has 0 aromatic heterocycles. The molecule has 1 rings (SSSR count). The molecular weight excluding hydrogens is 144 g/mol. The van der Waals surface area contributed by atoms with Gasteiger partial charge in [0.25, 0.3) is 0 Å². The summed E-state index contributed by atoms with van der Waals surface area (Å²) in [7, 11) is 0. The highest BCUT2D eigenvalue weighted by atomic mass is 14.3. The number of hydrogen-bond donors (Lipinski definition) is 0. The third kappa shape index (κ3) is 1.80. The first kappa shape index (κ1) is 9.57. The highest BCUT2D eigenvalue weighted by molar-refractivity contribution is 5.23. The molecule has 0 aliphatic heterocycles. The molecule has 0 aromatic carbocycles. The van der Waals surface area contributed by atoms with Gasteiger partial charge < -0.3 is 0 Å². The molecule has 0 heterocycles. The lowest BCUT2D eigenvalue weighted by atomic mass is 9.74. The Balaban J connectivity index is 2.79. The minimum Gasteiger partial charge on any atom is -0.0780 e. The fraction of sp³-hybridized carbons (Fsp3) is 0.667. The molecule has 68 valence electrons. The van der Waals surface area contributed by atoms with E-state index in [1.54, 1.807) is 0 Å². The molecule has 0 unspecified atom stereocenters. The maximum Gasteiger partial charge on any atom is 0.00307 e. The third-order valence-electron chi connectivity index (χ3n) is 3.21. The van der Waals surface area contributed by atoms with E-state index in [0.29, 0.717) is 10.8 Å². The fourth-order valence-corrected chi connectivity index (χ4v) is 1.34. The van der Waals surface area contributed by atoms with Gasteiger partial charge in [0.05, 0.1) is 0 Å². The highest BCUT2D eigenvalue weighted by Crippen LogP contribution is 2.36. The Hall–Kier alpha value is -0.520. The minimum atomic E-state index is 0.314. The van der Waals surface area contributed by atoms with E-state index in [9.17, 15) is 0 Å². The van der Waals surface area contributed by atoms with Crippen molar-refractivity contribution in [3.8, 4) is 0 Å². The monoisotopic (exact) mass is 164 g/mol. The molecule has 0 fully saturated rings. The summed E-state index contributed by atoms with van der Waals surface area (Å²) in [6, 6.07) is 0. The van der Waals surface area contributed by atoms with Crippen molar-refractivity contribution in [2.24, 2.45) is 10.8 Å². The zero-order valence-electron chi connectivity index (χ0n) is 8.72. The zero-order valence-corrected chi connectivity index (χ0v) is 8.72. The summed E-state index contributed by atoms with van der Waals surface area (Å²) in [6.45, 7) is 9.05. The van der Waals surface area contributed by atoms with Crippen LogP contribution in [-0.2, 0) is 0 Å². The van der Waals surface area contributed by atoms with Crippen molar-refractivity contribution in [2.45, 2.75) is 40.5 Å². The summed E-state index contributed by atoms with van der Waals surface area (Å²) >= 11 is 0. The molecule has 0 saturated carbocycles. The van der Waals surface area contributed by atoms with Gasteiger partial charge in [0.1, 0.15) is 0 Å². The van der Waals surface area contributed by atoms with E-state index < -0.39 is 0 Å². The number of rotatable bonds is 2. The van der Waals surface area contributed by atoms with Crippen molar-refractivity contribution >= 4 is 0 Å². The van der Waals surface area contributed by atoms with Crippen molar-refractivity contribution < 1.29 is 0 Å². The van der Waals surface area contributed by atoms with Crippen LogP contribution in [0.1, 0.15) is 40.5 Å². The third-order valence-corrected chi connectivity index (χ3v) is 3.21. The molecule has 0 radical (unpaired) electrons. The molecule has 0 nitrogen and oxygen atoms in total. The zero-order chi connectivity index (χ0) is 9.24. The van der Waals surface area contributed by atoms with Gasteiger partial charge in [-0.15, -0.1) is 0 Å². The van der Waals surface area contributed by atoms with Crippen LogP contribution in [0.3, 0.4) is 0 Å². The Kier molecular flexibility index (Phi) is 2.46. The van der Waals surface area contributed by atoms with E-state index >= 15 is 0 Å². The van der Waals surface area contributed by atoms with Gasteiger partial charge in [0, 0.05) is 10.8 Å². The maximum atomic E-state index is 2.36. The standard InChI is InChI=1S/C12H20/c1-5-11(3)7-9-12(4,6-2)10-8-11/h7-10H,5-6H2,1-4H3. The number of allylic oxidation sites excluding steroid dienone is 4. The topological polar surface area (TPSA) is 0 Å². The van der Waals surface area contributed by atoms with Gasteiger partial charge in [-0.2, -0.15) is 0 Å². The smallest absolute Gasteiger partial charge is 0.00307 e. The Morgan fingerprint density at radius 2 is 1.00 bits per heavy atom. The molecular formula is C12H20. The normalized spacial score (nSPS) is 40.3. The predicted octanol–water partition coefficient (Wildman–Crippen LogP) is 3.95. The van der Waals surface area contributed by atoms with E-state index in [2.05, 4.69) is 52.0 Å². The Labute approximate surface area is 76.4 Å². The second-order valence-corrected chi connectivity index (χ2v) is 4.39. The lowest BCUT2D eigenvalue weighted by molar-refractivity contribution is 0.455. The maximum absolute atomic E-state index is 2.36. The van der Waals surface area contributed by atoms with E-state index in [1.807, 2.05) is 0 Å². The first-order valence-electron chi connectivity index (χ1n) is 4.94. The largest absolute Gasteiger partial charge is 0.0780 e. The molecule has 0 bridgehead atoms. The van der Waals surface area contributed by atoms with Crippen molar-refractivity contribution in [1.82, 2.24) is 0 Å². The molecule has 0 saturated heterocycles. The van der Waals surface area contributed by atoms with Gasteiger partial charge >= 0.3 is 0 Å². The van der Waals surface area contributed by atoms with Crippen LogP contribution in [0, 0.1) is 10.8 Å². The van der Waals surface area contributed by atoms with Crippen LogP contribution < -0.4 is 0 Å². The predicted molar refractivity (Wildman–Crippen MR) is 55.1 cm³/mol. The van der Waals surface area contributed by atoms with Gasteiger partial charge in [-0.25, -0.2) is 0 Å². The molecule has 1 aliphatic rings. The van der Waals surface area contributed by atoms with Crippen molar-refractivity contribution in [2.75, 3.05) is 0 Å². The van der Waals surface area contributed by atoms with Crippen LogP contribution in [0.5, 0.6) is 0 Å². The van der Waals surface area contributed by atoms with Gasteiger partial charge in [-0.05, 0) is 12.8 Å². The number of hydrogen-bond acceptors (Lipinski definition) is 0. The summed E-state index contributed by atoms with van der Waals surface area (Å²) in [5.41, 5.74) is 0.628.